The molecule has 5 rings (SSSR count). The van der Waals surface area contributed by atoms with Crippen LogP contribution in [0.4, 0.5) is 0 Å². The van der Waals surface area contributed by atoms with Crippen LogP contribution in [0.3, 0.4) is 0 Å². The molecule has 198 valence electrons. The van der Waals surface area contributed by atoms with Gasteiger partial charge in [-0.25, -0.2) is 0 Å². The van der Waals surface area contributed by atoms with Gasteiger partial charge in [-0.15, -0.1) is 0 Å². The van der Waals surface area contributed by atoms with Crippen molar-refractivity contribution in [2.24, 2.45) is 16.3 Å². The highest BCUT2D eigenvalue weighted by molar-refractivity contribution is 6.03. The maximum Gasteiger partial charge on any atom is 0.268 e. The van der Waals surface area contributed by atoms with Crippen molar-refractivity contribution >= 4 is 34.8 Å². The fourth-order valence-electron chi connectivity index (χ4n) is 6.72. The lowest BCUT2D eigenvalue weighted by Gasteiger charge is -2.57. The molecule has 0 bridgehead atoms. The molecule has 0 unspecified atom stereocenters. The minimum absolute atomic E-state index is 0.0193. The Hall–Kier alpha value is -3.36. The number of fused-ring (bicyclic) bond motifs is 1. The molecule has 1 aliphatic heterocycles. The van der Waals surface area contributed by atoms with Crippen molar-refractivity contribution in [2.45, 2.75) is 69.4 Å². The molecule has 2 heterocycles. The summed E-state index contributed by atoms with van der Waals surface area (Å²) in [4.78, 5) is 46.8. The van der Waals surface area contributed by atoms with Crippen LogP contribution in [-0.2, 0) is 9.59 Å². The second-order valence-corrected chi connectivity index (χ2v) is 11.1. The maximum absolute atomic E-state index is 13.8. The summed E-state index contributed by atoms with van der Waals surface area (Å²) in [6, 6.07) is 7.01. The topological polar surface area (TPSA) is 125 Å². The predicted molar refractivity (Wildman–Crippen MR) is 142 cm³/mol. The first-order valence-electron chi connectivity index (χ1n) is 13.4. The van der Waals surface area contributed by atoms with Crippen molar-refractivity contribution in [3.63, 3.8) is 0 Å². The molecule has 3 amide bonds. The van der Waals surface area contributed by atoms with Crippen LogP contribution in [0.1, 0.15) is 68.3 Å². The van der Waals surface area contributed by atoms with Gasteiger partial charge in [0.15, 0.2) is 0 Å². The third kappa shape index (κ3) is 4.95. The summed E-state index contributed by atoms with van der Waals surface area (Å²) in [5.74, 6) is 0.0405. The summed E-state index contributed by atoms with van der Waals surface area (Å²) in [5, 5.41) is 9.92. The molecule has 9 heteroatoms. The fourth-order valence-corrected chi connectivity index (χ4v) is 6.72. The minimum Gasteiger partial charge on any atom is -0.496 e. The van der Waals surface area contributed by atoms with Gasteiger partial charge in [0.25, 0.3) is 5.91 Å². The normalized spacial score (nSPS) is 23.0. The number of amides is 3. The molecule has 9 nitrogen and oxygen atoms in total. The Morgan fingerprint density at radius 3 is 2.70 bits per heavy atom. The number of benzene rings is 1. The Balaban J connectivity index is 1.37. The van der Waals surface area contributed by atoms with Crippen LogP contribution in [-0.4, -0.2) is 61.2 Å². The van der Waals surface area contributed by atoms with Gasteiger partial charge in [-0.05, 0) is 62.1 Å². The van der Waals surface area contributed by atoms with Gasteiger partial charge in [0.1, 0.15) is 17.0 Å². The van der Waals surface area contributed by atoms with E-state index in [1.807, 2.05) is 18.2 Å². The number of carbonyl (C=O) groups excluding carboxylic acids is 3. The number of rotatable bonds is 8. The Morgan fingerprint density at radius 1 is 1.24 bits per heavy atom. The van der Waals surface area contributed by atoms with E-state index < -0.39 is 5.54 Å². The number of methoxy groups -OCH3 is 1. The van der Waals surface area contributed by atoms with Crippen LogP contribution in [0.15, 0.2) is 29.3 Å². The van der Waals surface area contributed by atoms with Crippen molar-refractivity contribution in [3.05, 3.63) is 30.0 Å². The summed E-state index contributed by atoms with van der Waals surface area (Å²) < 4.78 is 5.44. The molecule has 1 aromatic heterocycles. The highest BCUT2D eigenvalue weighted by Crippen LogP contribution is 2.57. The third-order valence-corrected chi connectivity index (χ3v) is 8.49. The van der Waals surface area contributed by atoms with Crippen molar-refractivity contribution in [2.75, 3.05) is 20.7 Å². The number of H-pyrrole nitrogens is 1. The van der Waals surface area contributed by atoms with E-state index in [1.165, 1.54) is 6.42 Å². The largest absolute Gasteiger partial charge is 0.496 e. The molecule has 2 aliphatic carbocycles. The average Bonchev–Trinajstić information content (AvgIpc) is 3.49. The second kappa shape index (κ2) is 10.2. The van der Waals surface area contributed by atoms with Crippen LogP contribution >= 0.6 is 0 Å². The van der Waals surface area contributed by atoms with E-state index in [4.69, 9.17) is 4.74 Å². The number of aromatic amines is 1. The quantitative estimate of drug-likeness (QED) is 0.410. The van der Waals surface area contributed by atoms with E-state index in [0.29, 0.717) is 37.3 Å². The summed E-state index contributed by atoms with van der Waals surface area (Å²) in [7, 11) is 3.26. The van der Waals surface area contributed by atoms with Gasteiger partial charge < -0.3 is 25.7 Å². The SMILES string of the molecule is CN=C[C@H](C[C@@H]1CCNC1=O)NC(=O)C1(NC(=O)c2cc3c(OC)cccc3[nH]2)CC2(CCCCC2)C1. The molecule has 1 aromatic carbocycles. The van der Waals surface area contributed by atoms with E-state index in [1.54, 1.807) is 26.4 Å². The molecule has 37 heavy (non-hydrogen) atoms. The summed E-state index contributed by atoms with van der Waals surface area (Å²) >= 11 is 0. The highest BCUT2D eigenvalue weighted by Gasteiger charge is 2.59. The zero-order valence-electron chi connectivity index (χ0n) is 21.7. The first-order chi connectivity index (χ1) is 17.9. The number of hydrogen-bond donors (Lipinski definition) is 4. The van der Waals surface area contributed by atoms with Gasteiger partial charge in [0.05, 0.1) is 13.2 Å². The van der Waals surface area contributed by atoms with Gasteiger partial charge in [0, 0.05) is 36.6 Å². The van der Waals surface area contributed by atoms with E-state index >= 15 is 0 Å². The summed E-state index contributed by atoms with van der Waals surface area (Å²) in [6.07, 6.45) is 9.91. The summed E-state index contributed by atoms with van der Waals surface area (Å²) in [5.41, 5.74) is 0.305. The highest BCUT2D eigenvalue weighted by atomic mass is 16.5. The zero-order chi connectivity index (χ0) is 26.0. The van der Waals surface area contributed by atoms with E-state index in [2.05, 4.69) is 25.9 Å². The monoisotopic (exact) mass is 507 g/mol. The molecule has 0 radical (unpaired) electrons. The Bertz CT molecular complexity index is 1200. The molecule has 4 N–H and O–H groups in total. The number of nitrogens with one attached hydrogen (secondary N) is 4. The van der Waals surface area contributed by atoms with Gasteiger partial charge in [-0.1, -0.05) is 25.3 Å². The second-order valence-electron chi connectivity index (χ2n) is 11.1. The predicted octanol–water partition coefficient (Wildman–Crippen LogP) is 3.10. The van der Waals surface area contributed by atoms with E-state index in [0.717, 1.165) is 43.0 Å². The molecule has 3 aliphatic rings. The number of aliphatic imine (C=N–C) groups is 1. The fraction of sp³-hybridized carbons (Fsp3) is 0.571. The van der Waals surface area contributed by atoms with Crippen LogP contribution in [0, 0.1) is 11.3 Å². The molecule has 3 fully saturated rings. The van der Waals surface area contributed by atoms with Gasteiger partial charge in [-0.3, -0.25) is 19.4 Å². The number of aromatic nitrogens is 1. The molecule has 1 spiro atoms. The summed E-state index contributed by atoms with van der Waals surface area (Å²) in [6.45, 7) is 0.658. The third-order valence-electron chi connectivity index (χ3n) is 8.49. The molecule has 1 saturated heterocycles. The number of ether oxygens (including phenoxy) is 1. The van der Waals surface area contributed by atoms with Gasteiger partial charge in [0.2, 0.25) is 11.8 Å². The van der Waals surface area contributed by atoms with E-state index in [-0.39, 0.29) is 35.1 Å². The Labute approximate surface area is 217 Å². The lowest BCUT2D eigenvalue weighted by molar-refractivity contribution is -0.140. The standard InChI is InChI=1S/C28H37N5O4/c1-29-15-19(13-18-9-12-30-24(18)34)31-26(36)28(16-27(17-28)10-4-3-5-11-27)33-25(35)22-14-20-21(32-22)7-6-8-23(20)37-2/h6-8,14-15,18-19,32H,3-5,9-13,16-17H2,1-2H3,(H,30,34)(H,31,36)(H,33,35)/t18-,19-/m0/s1. The number of nitrogens with zero attached hydrogens (tertiary/aromatic N) is 1. The molecule has 2 aromatic rings. The zero-order valence-corrected chi connectivity index (χ0v) is 21.7. The first-order valence-corrected chi connectivity index (χ1v) is 13.4. The number of hydrogen-bond acceptors (Lipinski definition) is 5. The Morgan fingerprint density at radius 2 is 2.03 bits per heavy atom. The van der Waals surface area contributed by atoms with E-state index in [9.17, 15) is 14.4 Å². The molecular formula is C28H37N5O4. The van der Waals surface area contributed by atoms with Crippen LogP contribution in [0.5, 0.6) is 5.75 Å². The van der Waals surface area contributed by atoms with Crippen molar-refractivity contribution in [1.82, 2.24) is 20.9 Å². The molecule has 2 saturated carbocycles. The van der Waals surface area contributed by atoms with Crippen LogP contribution in [0.25, 0.3) is 10.9 Å². The molecular weight excluding hydrogens is 470 g/mol. The van der Waals surface area contributed by atoms with Crippen LogP contribution in [0.2, 0.25) is 0 Å². The molecule has 2 atom stereocenters. The van der Waals surface area contributed by atoms with Crippen molar-refractivity contribution in [3.8, 4) is 5.75 Å². The maximum atomic E-state index is 13.8. The van der Waals surface area contributed by atoms with Gasteiger partial charge in [-0.2, -0.15) is 0 Å². The Kier molecular flexibility index (Phi) is 6.96. The first kappa shape index (κ1) is 25.3. The lowest BCUT2D eigenvalue weighted by atomic mass is 9.51. The number of carbonyl (C=O) groups is 3. The average molecular weight is 508 g/mol. The van der Waals surface area contributed by atoms with Crippen molar-refractivity contribution < 1.29 is 19.1 Å². The van der Waals surface area contributed by atoms with Crippen molar-refractivity contribution in [1.29, 1.82) is 0 Å². The van der Waals surface area contributed by atoms with Gasteiger partial charge >= 0.3 is 0 Å². The smallest absolute Gasteiger partial charge is 0.268 e. The van der Waals surface area contributed by atoms with Crippen LogP contribution < -0.4 is 20.7 Å². The minimum atomic E-state index is -0.992. The lowest BCUT2D eigenvalue weighted by Crippen LogP contribution is -2.70.